The molecule has 94 valence electrons. The number of alkyl halides is 1. The highest BCUT2D eigenvalue weighted by molar-refractivity contribution is 6.18. The molecular formula is C14H21ClN2. The molecule has 0 unspecified atom stereocenters. The standard InChI is InChI=1S/C14H21ClN2/c1-11-3-6-14(10-15,7-4-11)17-13-5-8-16-9-12(13)2/h5,8-9,11H,3-4,6-7,10H2,1-2H3,(H,16,17). The van der Waals surface area contributed by atoms with Gasteiger partial charge in [0.1, 0.15) is 0 Å². The Morgan fingerprint density at radius 1 is 1.47 bits per heavy atom. The summed E-state index contributed by atoms with van der Waals surface area (Å²) in [5, 5.41) is 3.66. The lowest BCUT2D eigenvalue weighted by Crippen LogP contribution is -2.43. The number of hydrogen-bond acceptors (Lipinski definition) is 2. The number of hydrogen-bond donors (Lipinski definition) is 1. The van der Waals surface area contributed by atoms with E-state index >= 15 is 0 Å². The smallest absolute Gasteiger partial charge is 0.0509 e. The van der Waals surface area contributed by atoms with Gasteiger partial charge in [0.15, 0.2) is 0 Å². The molecule has 0 radical (unpaired) electrons. The van der Waals surface area contributed by atoms with Crippen molar-refractivity contribution < 1.29 is 0 Å². The molecule has 1 aliphatic carbocycles. The Labute approximate surface area is 109 Å². The van der Waals surface area contributed by atoms with Crippen molar-refractivity contribution in [1.82, 2.24) is 4.98 Å². The van der Waals surface area contributed by atoms with Gasteiger partial charge in [0.05, 0.1) is 5.54 Å². The van der Waals surface area contributed by atoms with Crippen LogP contribution in [0.15, 0.2) is 18.5 Å². The second kappa shape index (κ2) is 5.26. The van der Waals surface area contributed by atoms with Crippen molar-refractivity contribution in [3.63, 3.8) is 0 Å². The minimum Gasteiger partial charge on any atom is -0.378 e. The van der Waals surface area contributed by atoms with E-state index in [0.29, 0.717) is 5.88 Å². The fourth-order valence-electron chi connectivity index (χ4n) is 2.51. The third-order valence-corrected chi connectivity index (χ3v) is 4.42. The van der Waals surface area contributed by atoms with Gasteiger partial charge in [-0.1, -0.05) is 6.92 Å². The first kappa shape index (κ1) is 12.7. The maximum absolute atomic E-state index is 6.21. The van der Waals surface area contributed by atoms with Gasteiger partial charge in [-0.25, -0.2) is 0 Å². The van der Waals surface area contributed by atoms with E-state index in [1.807, 2.05) is 18.5 Å². The Kier molecular flexibility index (Phi) is 3.93. The Morgan fingerprint density at radius 2 is 2.18 bits per heavy atom. The second-order valence-corrected chi connectivity index (χ2v) is 5.68. The van der Waals surface area contributed by atoms with Gasteiger partial charge in [-0.3, -0.25) is 4.98 Å². The normalized spacial score (nSPS) is 29.0. The lowest BCUT2D eigenvalue weighted by atomic mass is 9.78. The predicted octanol–water partition coefficient (Wildman–Crippen LogP) is 3.99. The quantitative estimate of drug-likeness (QED) is 0.823. The first-order valence-electron chi connectivity index (χ1n) is 6.40. The van der Waals surface area contributed by atoms with Crippen LogP contribution in [0.1, 0.15) is 38.2 Å². The van der Waals surface area contributed by atoms with Crippen LogP contribution in [0.25, 0.3) is 0 Å². The maximum atomic E-state index is 6.21. The van der Waals surface area contributed by atoms with Crippen LogP contribution < -0.4 is 5.32 Å². The summed E-state index contributed by atoms with van der Waals surface area (Å²) in [6.07, 6.45) is 8.60. The number of pyridine rings is 1. The summed E-state index contributed by atoms with van der Waals surface area (Å²) >= 11 is 6.21. The summed E-state index contributed by atoms with van der Waals surface area (Å²) in [5.74, 6) is 1.52. The van der Waals surface area contributed by atoms with Crippen LogP contribution in [0.3, 0.4) is 0 Å². The van der Waals surface area contributed by atoms with Gasteiger partial charge in [-0.05, 0) is 50.2 Å². The minimum atomic E-state index is 0.0835. The highest BCUT2D eigenvalue weighted by Gasteiger charge is 2.33. The van der Waals surface area contributed by atoms with E-state index in [9.17, 15) is 0 Å². The molecular weight excluding hydrogens is 232 g/mol. The number of halogens is 1. The van der Waals surface area contributed by atoms with Crippen molar-refractivity contribution in [2.45, 2.75) is 45.1 Å². The molecule has 1 aromatic rings. The SMILES string of the molecule is Cc1cnccc1NC1(CCl)CCC(C)CC1. The van der Waals surface area contributed by atoms with Crippen LogP contribution >= 0.6 is 11.6 Å². The number of rotatable bonds is 3. The summed E-state index contributed by atoms with van der Waals surface area (Å²) in [6.45, 7) is 4.42. The molecule has 0 amide bonds. The van der Waals surface area contributed by atoms with Gasteiger partial charge in [-0.2, -0.15) is 0 Å². The highest BCUT2D eigenvalue weighted by Crippen LogP contribution is 2.35. The van der Waals surface area contributed by atoms with Crippen molar-refractivity contribution in [3.05, 3.63) is 24.0 Å². The lowest BCUT2D eigenvalue weighted by Gasteiger charge is -2.40. The molecule has 1 heterocycles. The summed E-state index contributed by atoms with van der Waals surface area (Å²) < 4.78 is 0. The third-order valence-electron chi connectivity index (χ3n) is 3.91. The van der Waals surface area contributed by atoms with Crippen molar-refractivity contribution in [1.29, 1.82) is 0 Å². The van der Waals surface area contributed by atoms with Gasteiger partial charge >= 0.3 is 0 Å². The van der Waals surface area contributed by atoms with Crippen molar-refractivity contribution in [2.75, 3.05) is 11.2 Å². The molecule has 3 heteroatoms. The van der Waals surface area contributed by atoms with Crippen molar-refractivity contribution >= 4 is 17.3 Å². The van der Waals surface area contributed by atoms with Crippen LogP contribution in [0.5, 0.6) is 0 Å². The van der Waals surface area contributed by atoms with Crippen molar-refractivity contribution in [2.24, 2.45) is 5.92 Å². The van der Waals surface area contributed by atoms with Crippen LogP contribution in [-0.4, -0.2) is 16.4 Å². The maximum Gasteiger partial charge on any atom is 0.0509 e. The number of anilines is 1. The van der Waals surface area contributed by atoms with E-state index in [2.05, 4.69) is 24.1 Å². The first-order valence-corrected chi connectivity index (χ1v) is 6.93. The van der Waals surface area contributed by atoms with Gasteiger partial charge in [0, 0.05) is 24.0 Å². The monoisotopic (exact) mass is 252 g/mol. The summed E-state index contributed by atoms with van der Waals surface area (Å²) in [6, 6.07) is 2.04. The first-order chi connectivity index (χ1) is 8.15. The third kappa shape index (κ3) is 2.92. The van der Waals surface area contributed by atoms with Gasteiger partial charge < -0.3 is 5.32 Å². The molecule has 1 aromatic heterocycles. The van der Waals surface area contributed by atoms with E-state index < -0.39 is 0 Å². The number of aromatic nitrogens is 1. The van der Waals surface area contributed by atoms with Crippen LogP contribution in [0, 0.1) is 12.8 Å². The topological polar surface area (TPSA) is 24.9 Å². The molecule has 0 atom stereocenters. The van der Waals surface area contributed by atoms with E-state index in [1.54, 1.807) is 0 Å². The zero-order chi connectivity index (χ0) is 12.3. The largest absolute Gasteiger partial charge is 0.378 e. The Balaban J connectivity index is 2.12. The molecule has 0 aromatic carbocycles. The molecule has 0 bridgehead atoms. The zero-order valence-electron chi connectivity index (χ0n) is 10.7. The van der Waals surface area contributed by atoms with E-state index in [-0.39, 0.29) is 5.54 Å². The fourth-order valence-corrected chi connectivity index (χ4v) is 2.84. The highest BCUT2D eigenvalue weighted by atomic mass is 35.5. The second-order valence-electron chi connectivity index (χ2n) is 5.41. The van der Waals surface area contributed by atoms with Gasteiger partial charge in [0.2, 0.25) is 0 Å². The predicted molar refractivity (Wildman–Crippen MR) is 73.7 cm³/mol. The number of aryl methyl sites for hydroxylation is 1. The van der Waals surface area contributed by atoms with Crippen LogP contribution in [-0.2, 0) is 0 Å². The molecule has 2 rings (SSSR count). The van der Waals surface area contributed by atoms with Crippen LogP contribution in [0.2, 0.25) is 0 Å². The summed E-state index contributed by atoms with van der Waals surface area (Å²) in [7, 11) is 0. The van der Waals surface area contributed by atoms with E-state index in [0.717, 1.165) is 5.92 Å². The zero-order valence-corrected chi connectivity index (χ0v) is 11.4. The average molecular weight is 253 g/mol. The molecule has 0 aliphatic heterocycles. The van der Waals surface area contributed by atoms with Gasteiger partial charge in [-0.15, -0.1) is 11.6 Å². The fraction of sp³-hybridized carbons (Fsp3) is 0.643. The molecule has 2 nitrogen and oxygen atoms in total. The van der Waals surface area contributed by atoms with E-state index in [1.165, 1.54) is 36.9 Å². The molecule has 0 spiro atoms. The molecule has 1 aliphatic rings. The van der Waals surface area contributed by atoms with Gasteiger partial charge in [0.25, 0.3) is 0 Å². The van der Waals surface area contributed by atoms with E-state index in [4.69, 9.17) is 11.6 Å². The molecule has 17 heavy (non-hydrogen) atoms. The molecule has 1 saturated carbocycles. The molecule has 1 fully saturated rings. The van der Waals surface area contributed by atoms with Crippen molar-refractivity contribution in [3.8, 4) is 0 Å². The Hall–Kier alpha value is -0.760. The Bertz CT molecular complexity index is 370. The number of nitrogens with one attached hydrogen (secondary N) is 1. The average Bonchev–Trinajstić information content (AvgIpc) is 2.35. The lowest BCUT2D eigenvalue weighted by molar-refractivity contribution is 0.287. The summed E-state index contributed by atoms with van der Waals surface area (Å²) in [5.41, 5.74) is 2.45. The molecule has 0 saturated heterocycles. The Morgan fingerprint density at radius 3 is 2.76 bits per heavy atom. The summed E-state index contributed by atoms with van der Waals surface area (Å²) in [4.78, 5) is 4.13. The molecule has 1 N–H and O–H groups in total. The number of nitrogens with zero attached hydrogens (tertiary/aromatic N) is 1. The van der Waals surface area contributed by atoms with Crippen LogP contribution in [0.4, 0.5) is 5.69 Å². The minimum absolute atomic E-state index is 0.0835.